The van der Waals surface area contributed by atoms with Crippen LogP contribution >= 0.6 is 0 Å². The van der Waals surface area contributed by atoms with Gasteiger partial charge in [0.25, 0.3) is 5.91 Å². The molecular formula is C20H30N2O3. The van der Waals surface area contributed by atoms with Gasteiger partial charge in [-0.3, -0.25) is 4.79 Å². The van der Waals surface area contributed by atoms with Gasteiger partial charge < -0.3 is 19.7 Å². The third kappa shape index (κ3) is 5.44. The summed E-state index contributed by atoms with van der Waals surface area (Å²) in [6.07, 6.45) is 5.59. The number of likely N-dealkylation sites (tertiary alicyclic amines) is 1. The van der Waals surface area contributed by atoms with Crippen LogP contribution in [0.4, 0.5) is 0 Å². The Bertz CT molecular complexity index is 550. The molecule has 2 fully saturated rings. The first-order valence-corrected chi connectivity index (χ1v) is 9.62. The van der Waals surface area contributed by atoms with E-state index in [0.717, 1.165) is 57.7 Å². The van der Waals surface area contributed by atoms with Crippen molar-refractivity contribution in [3.63, 3.8) is 0 Å². The smallest absolute Gasteiger partial charge is 0.251 e. The minimum absolute atomic E-state index is 0.00323. The molecule has 1 amide bonds. The summed E-state index contributed by atoms with van der Waals surface area (Å²) in [4.78, 5) is 15.0. The van der Waals surface area contributed by atoms with Crippen molar-refractivity contribution in [2.24, 2.45) is 0 Å². The molecule has 2 aliphatic heterocycles. The number of hydrogen-bond acceptors (Lipinski definition) is 4. The highest BCUT2D eigenvalue weighted by Crippen LogP contribution is 2.18. The fourth-order valence-electron chi connectivity index (χ4n) is 3.58. The lowest BCUT2D eigenvalue weighted by Crippen LogP contribution is -2.44. The highest BCUT2D eigenvalue weighted by atomic mass is 16.5. The Morgan fingerprint density at radius 3 is 2.88 bits per heavy atom. The summed E-state index contributed by atoms with van der Waals surface area (Å²) in [7, 11) is 0. The van der Waals surface area contributed by atoms with E-state index in [-0.39, 0.29) is 18.1 Å². The molecule has 1 N–H and O–H groups in total. The van der Waals surface area contributed by atoms with Crippen molar-refractivity contribution in [1.29, 1.82) is 0 Å². The molecule has 1 atom stereocenters. The molecule has 2 saturated heterocycles. The van der Waals surface area contributed by atoms with Crippen LogP contribution in [0.1, 0.15) is 49.4 Å². The number of benzene rings is 1. The Kier molecular flexibility index (Phi) is 6.70. The molecule has 0 bridgehead atoms. The van der Waals surface area contributed by atoms with Gasteiger partial charge in [0.15, 0.2) is 0 Å². The third-order valence-electron chi connectivity index (χ3n) is 5.02. The number of amides is 1. The predicted octanol–water partition coefficient (Wildman–Crippen LogP) is 2.85. The van der Waals surface area contributed by atoms with Crippen molar-refractivity contribution in [1.82, 2.24) is 10.2 Å². The van der Waals surface area contributed by atoms with Crippen LogP contribution in [-0.2, 0) is 4.74 Å². The second-order valence-corrected chi connectivity index (χ2v) is 7.06. The summed E-state index contributed by atoms with van der Waals surface area (Å²) in [5.41, 5.74) is 0.667. The topological polar surface area (TPSA) is 50.8 Å². The molecule has 5 heteroatoms. The minimum Gasteiger partial charge on any atom is -0.491 e. The fourth-order valence-corrected chi connectivity index (χ4v) is 3.58. The number of carbonyl (C=O) groups excluding carboxylic acids is 1. The van der Waals surface area contributed by atoms with Gasteiger partial charge in [-0.2, -0.15) is 0 Å². The average Bonchev–Trinajstić information content (AvgIpc) is 3.16. The van der Waals surface area contributed by atoms with Crippen molar-refractivity contribution in [3.05, 3.63) is 29.8 Å². The molecule has 0 spiro atoms. The molecule has 0 aliphatic carbocycles. The molecule has 1 aromatic rings. The van der Waals surface area contributed by atoms with E-state index in [1.165, 1.54) is 6.42 Å². The quantitative estimate of drug-likeness (QED) is 0.825. The summed E-state index contributed by atoms with van der Waals surface area (Å²) in [5.74, 6) is 0.734. The Morgan fingerprint density at radius 2 is 2.16 bits per heavy atom. The van der Waals surface area contributed by atoms with Gasteiger partial charge in [0.2, 0.25) is 0 Å². The molecule has 25 heavy (non-hydrogen) atoms. The second kappa shape index (κ2) is 9.20. The Balaban J connectivity index is 1.47. The SMILES string of the molecule is CCCN1CCC(NC(=O)c2cccc(OCC3CCCO3)c2)CC1. The zero-order chi connectivity index (χ0) is 17.5. The number of nitrogens with zero attached hydrogens (tertiary/aromatic N) is 1. The first-order chi connectivity index (χ1) is 12.2. The predicted molar refractivity (Wildman–Crippen MR) is 98.1 cm³/mol. The Labute approximate surface area is 150 Å². The standard InChI is InChI=1S/C20H30N2O3/c1-2-10-22-11-8-17(9-12-22)21-20(23)16-5-3-6-18(14-16)25-15-19-7-4-13-24-19/h3,5-6,14,17,19H,2,4,7-13,15H2,1H3,(H,21,23). The van der Waals surface area contributed by atoms with E-state index < -0.39 is 0 Å². The normalized spacial score (nSPS) is 22.0. The van der Waals surface area contributed by atoms with Crippen LogP contribution in [0.5, 0.6) is 5.75 Å². The van der Waals surface area contributed by atoms with Gasteiger partial charge >= 0.3 is 0 Å². The van der Waals surface area contributed by atoms with Crippen LogP contribution in [-0.4, -0.2) is 55.8 Å². The maximum Gasteiger partial charge on any atom is 0.251 e. The lowest BCUT2D eigenvalue weighted by Gasteiger charge is -2.32. The Morgan fingerprint density at radius 1 is 1.32 bits per heavy atom. The van der Waals surface area contributed by atoms with Crippen LogP contribution < -0.4 is 10.1 Å². The van der Waals surface area contributed by atoms with Crippen molar-refractivity contribution in [2.45, 2.75) is 51.2 Å². The number of piperidine rings is 1. The molecule has 5 nitrogen and oxygen atoms in total. The van der Waals surface area contributed by atoms with Crippen molar-refractivity contribution in [2.75, 3.05) is 32.8 Å². The van der Waals surface area contributed by atoms with E-state index >= 15 is 0 Å². The van der Waals surface area contributed by atoms with Crippen LogP contribution in [0.25, 0.3) is 0 Å². The number of hydrogen-bond donors (Lipinski definition) is 1. The van der Waals surface area contributed by atoms with Crippen molar-refractivity contribution >= 4 is 5.91 Å². The van der Waals surface area contributed by atoms with E-state index in [0.29, 0.717) is 12.2 Å². The van der Waals surface area contributed by atoms with Gasteiger partial charge in [0.05, 0.1) is 6.10 Å². The molecule has 0 radical (unpaired) electrons. The molecule has 1 aromatic carbocycles. The lowest BCUT2D eigenvalue weighted by molar-refractivity contribution is 0.0679. The van der Waals surface area contributed by atoms with Crippen LogP contribution in [0, 0.1) is 0 Å². The van der Waals surface area contributed by atoms with Crippen LogP contribution in [0.2, 0.25) is 0 Å². The monoisotopic (exact) mass is 346 g/mol. The number of nitrogens with one attached hydrogen (secondary N) is 1. The van der Waals surface area contributed by atoms with Gasteiger partial charge in [0.1, 0.15) is 12.4 Å². The fraction of sp³-hybridized carbons (Fsp3) is 0.650. The average molecular weight is 346 g/mol. The minimum atomic E-state index is -0.00323. The zero-order valence-corrected chi connectivity index (χ0v) is 15.2. The largest absolute Gasteiger partial charge is 0.491 e. The summed E-state index contributed by atoms with van der Waals surface area (Å²) in [6, 6.07) is 7.73. The first-order valence-electron chi connectivity index (χ1n) is 9.62. The van der Waals surface area contributed by atoms with Gasteiger partial charge in [-0.25, -0.2) is 0 Å². The van der Waals surface area contributed by atoms with E-state index in [2.05, 4.69) is 17.1 Å². The van der Waals surface area contributed by atoms with E-state index in [9.17, 15) is 4.79 Å². The van der Waals surface area contributed by atoms with E-state index in [1.807, 2.05) is 24.3 Å². The summed E-state index contributed by atoms with van der Waals surface area (Å²) in [6.45, 7) is 6.90. The molecule has 0 saturated carbocycles. The maximum absolute atomic E-state index is 12.5. The molecule has 3 rings (SSSR count). The molecular weight excluding hydrogens is 316 g/mol. The number of rotatable bonds is 7. The van der Waals surface area contributed by atoms with Gasteiger partial charge in [0, 0.05) is 31.3 Å². The highest BCUT2D eigenvalue weighted by Gasteiger charge is 2.21. The lowest BCUT2D eigenvalue weighted by atomic mass is 10.0. The Hall–Kier alpha value is -1.59. The van der Waals surface area contributed by atoms with Gasteiger partial charge in [-0.1, -0.05) is 13.0 Å². The van der Waals surface area contributed by atoms with Gasteiger partial charge in [-0.05, 0) is 56.8 Å². The van der Waals surface area contributed by atoms with Crippen LogP contribution in [0.3, 0.4) is 0 Å². The number of carbonyl (C=O) groups is 1. The van der Waals surface area contributed by atoms with Gasteiger partial charge in [-0.15, -0.1) is 0 Å². The first kappa shape index (κ1) is 18.2. The molecule has 0 aromatic heterocycles. The highest BCUT2D eigenvalue weighted by molar-refractivity contribution is 5.94. The maximum atomic E-state index is 12.5. The zero-order valence-electron chi connectivity index (χ0n) is 15.2. The van der Waals surface area contributed by atoms with E-state index in [4.69, 9.17) is 9.47 Å². The molecule has 2 heterocycles. The van der Waals surface area contributed by atoms with E-state index in [1.54, 1.807) is 0 Å². The number of ether oxygens (including phenoxy) is 2. The molecule has 138 valence electrons. The third-order valence-corrected chi connectivity index (χ3v) is 5.02. The van der Waals surface area contributed by atoms with Crippen LogP contribution in [0.15, 0.2) is 24.3 Å². The van der Waals surface area contributed by atoms with Crippen molar-refractivity contribution < 1.29 is 14.3 Å². The summed E-state index contributed by atoms with van der Waals surface area (Å²) >= 11 is 0. The molecule has 2 aliphatic rings. The molecule has 1 unspecified atom stereocenters. The second-order valence-electron chi connectivity index (χ2n) is 7.06. The summed E-state index contributed by atoms with van der Waals surface area (Å²) in [5, 5.41) is 3.18. The summed E-state index contributed by atoms with van der Waals surface area (Å²) < 4.78 is 11.4. The van der Waals surface area contributed by atoms with Crippen molar-refractivity contribution in [3.8, 4) is 5.75 Å².